The van der Waals surface area contributed by atoms with Crippen LogP contribution in [0.3, 0.4) is 0 Å². The zero-order valence-corrected chi connectivity index (χ0v) is 14.5. The number of benzene rings is 1. The predicted molar refractivity (Wildman–Crippen MR) is 89.4 cm³/mol. The molecule has 0 amide bonds. The molecule has 1 N–H and O–H groups in total. The first kappa shape index (κ1) is 15.8. The summed E-state index contributed by atoms with van der Waals surface area (Å²) < 4.78 is 5.49. The molecule has 122 valence electrons. The summed E-state index contributed by atoms with van der Waals surface area (Å²) in [5, 5.41) is 9.88. The van der Waals surface area contributed by atoms with Gasteiger partial charge in [0.2, 0.25) is 0 Å². The van der Waals surface area contributed by atoms with Crippen molar-refractivity contribution >= 4 is 0 Å². The zero-order chi connectivity index (χ0) is 16.1. The topological polar surface area (TPSA) is 32.7 Å². The Bertz CT molecular complexity index is 569. The van der Waals surface area contributed by atoms with E-state index in [1.54, 1.807) is 7.11 Å². The summed E-state index contributed by atoms with van der Waals surface area (Å²) in [6.45, 7) is 11.5. The molecule has 0 radical (unpaired) electrons. The summed E-state index contributed by atoms with van der Waals surface area (Å²) in [5.41, 5.74) is 3.14. The Morgan fingerprint density at radius 2 is 2.09 bits per heavy atom. The fourth-order valence-electron chi connectivity index (χ4n) is 4.65. The maximum absolute atomic E-state index is 9.88. The summed E-state index contributed by atoms with van der Waals surface area (Å²) in [5.74, 6) is 0.386. The summed E-state index contributed by atoms with van der Waals surface area (Å²) in [6, 6.07) is 6.47. The van der Waals surface area contributed by atoms with E-state index >= 15 is 0 Å². The molecular weight excluding hydrogens is 274 g/mol. The highest BCUT2D eigenvalue weighted by Gasteiger charge is 2.55. The van der Waals surface area contributed by atoms with Crippen molar-refractivity contribution in [2.24, 2.45) is 5.41 Å². The fourth-order valence-corrected chi connectivity index (χ4v) is 4.65. The van der Waals surface area contributed by atoms with E-state index < -0.39 is 0 Å². The van der Waals surface area contributed by atoms with E-state index in [-0.39, 0.29) is 16.9 Å². The van der Waals surface area contributed by atoms with Crippen molar-refractivity contribution in [1.82, 2.24) is 4.90 Å². The van der Waals surface area contributed by atoms with Gasteiger partial charge in [-0.15, -0.1) is 0 Å². The minimum absolute atomic E-state index is 0.172. The summed E-state index contributed by atoms with van der Waals surface area (Å²) >= 11 is 0. The number of fused-ring (bicyclic) bond motifs is 4. The number of methoxy groups -OCH3 is 1. The van der Waals surface area contributed by atoms with E-state index in [4.69, 9.17) is 4.74 Å². The molecule has 0 aromatic heterocycles. The van der Waals surface area contributed by atoms with Crippen molar-refractivity contribution in [3.63, 3.8) is 0 Å². The van der Waals surface area contributed by atoms with Gasteiger partial charge in [-0.1, -0.05) is 26.8 Å². The third kappa shape index (κ3) is 2.17. The number of ether oxygens (including phenoxy) is 1. The maximum atomic E-state index is 9.88. The van der Waals surface area contributed by atoms with Crippen LogP contribution < -0.4 is 0 Å². The van der Waals surface area contributed by atoms with Crippen LogP contribution in [0.15, 0.2) is 18.2 Å². The van der Waals surface area contributed by atoms with Crippen molar-refractivity contribution in [3.05, 3.63) is 29.3 Å². The van der Waals surface area contributed by atoms with Crippen LogP contribution in [0.25, 0.3) is 0 Å². The average Bonchev–Trinajstić information content (AvgIpc) is 2.45. The summed E-state index contributed by atoms with van der Waals surface area (Å²) in [6.07, 6.45) is 2.43. The summed E-state index contributed by atoms with van der Waals surface area (Å²) in [7, 11) is 1.79. The van der Waals surface area contributed by atoms with E-state index in [1.807, 2.05) is 12.1 Å². The van der Waals surface area contributed by atoms with Crippen molar-refractivity contribution < 1.29 is 9.84 Å². The van der Waals surface area contributed by atoms with E-state index in [2.05, 4.69) is 38.7 Å². The lowest BCUT2D eigenvalue weighted by molar-refractivity contribution is -0.0568. The minimum atomic E-state index is 0.172. The number of nitrogens with zero attached hydrogens (tertiary/aromatic N) is 1. The van der Waals surface area contributed by atoms with E-state index in [0.717, 1.165) is 25.9 Å². The van der Waals surface area contributed by atoms with Gasteiger partial charge in [0, 0.05) is 25.1 Å². The SMILES string of the molecule is CO[C@@H](C)CN1CC[C@]2(C)c3ccc(O)cc3C[C@H]1C2(C)C. The quantitative estimate of drug-likeness (QED) is 0.929. The second-order valence-corrected chi connectivity index (χ2v) is 7.91. The predicted octanol–water partition coefficient (Wildman–Crippen LogP) is 3.34. The number of phenolic OH excluding ortho intramolecular Hbond substituents is 1. The molecule has 0 spiro atoms. The Hall–Kier alpha value is -1.06. The van der Waals surface area contributed by atoms with E-state index in [0.29, 0.717) is 11.8 Å². The van der Waals surface area contributed by atoms with Gasteiger partial charge in [0.25, 0.3) is 0 Å². The molecule has 1 aliphatic carbocycles. The van der Waals surface area contributed by atoms with Gasteiger partial charge in [-0.2, -0.15) is 0 Å². The second-order valence-electron chi connectivity index (χ2n) is 7.91. The maximum Gasteiger partial charge on any atom is 0.115 e. The van der Waals surface area contributed by atoms with Crippen LogP contribution in [-0.4, -0.2) is 42.4 Å². The van der Waals surface area contributed by atoms with Crippen LogP contribution in [0.1, 0.15) is 45.2 Å². The van der Waals surface area contributed by atoms with Crippen LogP contribution in [-0.2, 0) is 16.6 Å². The lowest BCUT2D eigenvalue weighted by atomic mass is 9.51. The van der Waals surface area contributed by atoms with Crippen molar-refractivity contribution in [1.29, 1.82) is 0 Å². The van der Waals surface area contributed by atoms with Gasteiger partial charge in [0.15, 0.2) is 0 Å². The number of piperidine rings is 1. The highest BCUT2D eigenvalue weighted by molar-refractivity contribution is 5.45. The van der Waals surface area contributed by atoms with Crippen LogP contribution >= 0.6 is 0 Å². The Labute approximate surface area is 134 Å². The molecule has 1 aromatic carbocycles. The van der Waals surface area contributed by atoms with Gasteiger partial charge in [-0.25, -0.2) is 0 Å². The minimum Gasteiger partial charge on any atom is -0.508 e. The molecule has 1 aliphatic heterocycles. The average molecular weight is 303 g/mol. The van der Waals surface area contributed by atoms with Crippen molar-refractivity contribution in [2.45, 2.75) is 58.1 Å². The molecule has 1 saturated heterocycles. The van der Waals surface area contributed by atoms with Gasteiger partial charge in [-0.3, -0.25) is 4.90 Å². The third-order valence-corrected chi connectivity index (χ3v) is 6.59. The van der Waals surface area contributed by atoms with E-state index in [9.17, 15) is 5.11 Å². The summed E-state index contributed by atoms with van der Waals surface area (Å²) in [4.78, 5) is 2.60. The Kier molecular flexibility index (Phi) is 3.77. The molecule has 1 heterocycles. The molecule has 22 heavy (non-hydrogen) atoms. The molecule has 3 heteroatoms. The monoisotopic (exact) mass is 303 g/mol. The largest absolute Gasteiger partial charge is 0.508 e. The van der Waals surface area contributed by atoms with Crippen LogP contribution in [0, 0.1) is 5.41 Å². The lowest BCUT2D eigenvalue weighted by Crippen LogP contribution is -2.64. The Balaban J connectivity index is 2.02. The first-order chi connectivity index (χ1) is 10.3. The smallest absolute Gasteiger partial charge is 0.115 e. The first-order valence-corrected chi connectivity index (χ1v) is 8.39. The standard InChI is InChI=1S/C19H29NO2/c1-13(22-5)12-20-9-8-19(4)16-7-6-15(21)10-14(16)11-17(20)18(19,2)3/h6-7,10,13,17,21H,8-9,11-12H2,1-5H3/t13-,17-,19+/m0/s1. The number of aromatic hydroxyl groups is 1. The highest BCUT2D eigenvalue weighted by atomic mass is 16.5. The fraction of sp³-hybridized carbons (Fsp3) is 0.684. The molecule has 0 saturated carbocycles. The van der Waals surface area contributed by atoms with Crippen LogP contribution in [0.5, 0.6) is 5.75 Å². The number of hydrogen-bond donors (Lipinski definition) is 1. The van der Waals surface area contributed by atoms with Gasteiger partial charge in [0.05, 0.1) is 6.10 Å². The van der Waals surface area contributed by atoms with Crippen molar-refractivity contribution in [2.75, 3.05) is 20.2 Å². The number of hydrogen-bond acceptors (Lipinski definition) is 3. The molecular formula is C19H29NO2. The molecule has 1 aromatic rings. The van der Waals surface area contributed by atoms with Crippen LogP contribution in [0.2, 0.25) is 0 Å². The Morgan fingerprint density at radius 3 is 2.77 bits per heavy atom. The highest BCUT2D eigenvalue weighted by Crippen LogP contribution is 2.56. The molecule has 3 nitrogen and oxygen atoms in total. The van der Waals surface area contributed by atoms with Gasteiger partial charge in [-0.05, 0) is 55.0 Å². The van der Waals surface area contributed by atoms with Gasteiger partial charge in [0.1, 0.15) is 5.75 Å². The lowest BCUT2D eigenvalue weighted by Gasteiger charge is -2.61. The molecule has 2 bridgehead atoms. The number of phenols is 1. The number of likely N-dealkylation sites (tertiary alicyclic amines) is 1. The molecule has 0 unspecified atom stereocenters. The molecule has 1 fully saturated rings. The van der Waals surface area contributed by atoms with E-state index in [1.165, 1.54) is 11.1 Å². The first-order valence-electron chi connectivity index (χ1n) is 8.39. The number of rotatable bonds is 3. The Morgan fingerprint density at radius 1 is 1.36 bits per heavy atom. The van der Waals surface area contributed by atoms with Crippen LogP contribution in [0.4, 0.5) is 0 Å². The normalized spacial score (nSPS) is 31.6. The molecule has 3 rings (SSSR count). The zero-order valence-electron chi connectivity index (χ0n) is 14.5. The van der Waals surface area contributed by atoms with Gasteiger partial charge < -0.3 is 9.84 Å². The molecule has 3 atom stereocenters. The molecule has 2 aliphatic rings. The second kappa shape index (κ2) is 5.24. The van der Waals surface area contributed by atoms with Crippen molar-refractivity contribution in [3.8, 4) is 5.75 Å². The third-order valence-electron chi connectivity index (χ3n) is 6.59. The van der Waals surface area contributed by atoms with Gasteiger partial charge >= 0.3 is 0 Å².